The SMILES string of the molecule is Cn1ccc(OCc2c(Cl)cccc2OCF)n1. The number of benzene rings is 1. The van der Waals surface area contributed by atoms with Crippen LogP contribution in [-0.4, -0.2) is 16.6 Å². The number of hydrogen-bond donors (Lipinski definition) is 0. The standard InChI is InChI=1S/C12H12ClFN2O2/c1-16-6-5-12(15-16)17-7-9-10(13)3-2-4-11(9)18-8-14/h2-6H,7-8H2,1H3. The van der Waals surface area contributed by atoms with Crippen molar-refractivity contribution in [1.82, 2.24) is 9.78 Å². The van der Waals surface area contributed by atoms with Gasteiger partial charge in [0.05, 0.1) is 10.6 Å². The second kappa shape index (κ2) is 5.73. The van der Waals surface area contributed by atoms with E-state index in [1.165, 1.54) is 0 Å². The fraction of sp³-hybridized carbons (Fsp3) is 0.250. The van der Waals surface area contributed by atoms with E-state index in [1.807, 2.05) is 0 Å². The summed E-state index contributed by atoms with van der Waals surface area (Å²) in [6.07, 6.45) is 1.76. The molecule has 6 heteroatoms. The Bertz CT molecular complexity index is 531. The minimum atomic E-state index is -0.906. The van der Waals surface area contributed by atoms with Crippen molar-refractivity contribution in [3.05, 3.63) is 41.0 Å². The molecule has 1 aromatic heterocycles. The zero-order valence-corrected chi connectivity index (χ0v) is 10.5. The van der Waals surface area contributed by atoms with E-state index in [4.69, 9.17) is 21.1 Å². The van der Waals surface area contributed by atoms with Crippen molar-refractivity contribution < 1.29 is 13.9 Å². The first-order valence-electron chi connectivity index (χ1n) is 5.29. The number of hydrogen-bond acceptors (Lipinski definition) is 3. The molecule has 96 valence electrons. The Morgan fingerprint density at radius 2 is 2.17 bits per heavy atom. The van der Waals surface area contributed by atoms with E-state index >= 15 is 0 Å². The Morgan fingerprint density at radius 3 is 2.83 bits per heavy atom. The van der Waals surface area contributed by atoms with Crippen LogP contribution in [0.2, 0.25) is 5.02 Å². The Balaban J connectivity index is 2.12. The second-order valence-corrected chi connectivity index (χ2v) is 3.99. The van der Waals surface area contributed by atoms with E-state index in [0.29, 0.717) is 22.2 Å². The first-order valence-corrected chi connectivity index (χ1v) is 5.67. The molecule has 0 radical (unpaired) electrons. The van der Waals surface area contributed by atoms with Crippen molar-refractivity contribution >= 4 is 11.6 Å². The van der Waals surface area contributed by atoms with Gasteiger partial charge in [0.25, 0.3) is 0 Å². The van der Waals surface area contributed by atoms with Gasteiger partial charge in [0.2, 0.25) is 12.7 Å². The lowest BCUT2D eigenvalue weighted by Gasteiger charge is -2.10. The molecule has 4 nitrogen and oxygen atoms in total. The topological polar surface area (TPSA) is 36.3 Å². The van der Waals surface area contributed by atoms with Crippen LogP contribution in [0.15, 0.2) is 30.5 Å². The molecule has 1 heterocycles. The summed E-state index contributed by atoms with van der Waals surface area (Å²) >= 11 is 6.03. The zero-order valence-electron chi connectivity index (χ0n) is 9.77. The van der Waals surface area contributed by atoms with E-state index in [0.717, 1.165) is 0 Å². The summed E-state index contributed by atoms with van der Waals surface area (Å²) in [4.78, 5) is 0. The number of halogens is 2. The van der Waals surface area contributed by atoms with Crippen LogP contribution in [0.4, 0.5) is 4.39 Å². The molecule has 2 rings (SSSR count). The lowest BCUT2D eigenvalue weighted by atomic mass is 10.2. The van der Waals surface area contributed by atoms with Gasteiger partial charge in [-0.15, -0.1) is 5.10 Å². The number of aryl methyl sites for hydroxylation is 1. The Hall–Kier alpha value is -1.75. The molecule has 2 aromatic rings. The number of aromatic nitrogens is 2. The third-order valence-corrected chi connectivity index (χ3v) is 2.69. The maximum atomic E-state index is 12.2. The van der Waals surface area contributed by atoms with Crippen molar-refractivity contribution in [2.45, 2.75) is 6.61 Å². The highest BCUT2D eigenvalue weighted by molar-refractivity contribution is 6.31. The summed E-state index contributed by atoms with van der Waals surface area (Å²) < 4.78 is 24.2. The van der Waals surface area contributed by atoms with E-state index in [2.05, 4.69) is 5.10 Å². The fourth-order valence-electron chi connectivity index (χ4n) is 1.49. The monoisotopic (exact) mass is 270 g/mol. The molecule has 0 amide bonds. The highest BCUT2D eigenvalue weighted by Crippen LogP contribution is 2.27. The molecule has 0 aliphatic carbocycles. The van der Waals surface area contributed by atoms with Crippen LogP contribution in [0, 0.1) is 0 Å². The summed E-state index contributed by atoms with van der Waals surface area (Å²) in [6.45, 7) is -0.733. The van der Waals surface area contributed by atoms with Gasteiger partial charge < -0.3 is 9.47 Å². The Morgan fingerprint density at radius 1 is 1.33 bits per heavy atom. The van der Waals surface area contributed by atoms with Gasteiger partial charge in [0.15, 0.2) is 0 Å². The van der Waals surface area contributed by atoms with Gasteiger partial charge in [-0.1, -0.05) is 17.7 Å². The van der Waals surface area contributed by atoms with Crippen LogP contribution in [0.3, 0.4) is 0 Å². The molecule has 0 N–H and O–H groups in total. The number of nitrogens with zero attached hydrogens (tertiary/aromatic N) is 2. The van der Waals surface area contributed by atoms with Crippen molar-refractivity contribution in [1.29, 1.82) is 0 Å². The van der Waals surface area contributed by atoms with Crippen LogP contribution < -0.4 is 9.47 Å². The molecule has 0 spiro atoms. The smallest absolute Gasteiger partial charge is 0.233 e. The molecule has 0 aliphatic heterocycles. The first-order chi connectivity index (χ1) is 8.70. The van der Waals surface area contributed by atoms with Gasteiger partial charge in [-0.3, -0.25) is 4.68 Å². The summed E-state index contributed by atoms with van der Waals surface area (Å²) in [7, 11) is 1.79. The molecule has 18 heavy (non-hydrogen) atoms. The van der Waals surface area contributed by atoms with Gasteiger partial charge in [0, 0.05) is 19.3 Å². The molecule has 0 bridgehead atoms. The minimum Gasteiger partial charge on any atom is -0.472 e. The van der Waals surface area contributed by atoms with Gasteiger partial charge >= 0.3 is 0 Å². The predicted molar refractivity (Wildman–Crippen MR) is 65.6 cm³/mol. The van der Waals surface area contributed by atoms with Crippen LogP contribution in [-0.2, 0) is 13.7 Å². The molecular formula is C12H12ClFN2O2. The van der Waals surface area contributed by atoms with Crippen LogP contribution in [0.25, 0.3) is 0 Å². The Labute approximate surface area is 109 Å². The highest BCUT2D eigenvalue weighted by Gasteiger charge is 2.10. The average Bonchev–Trinajstić information content (AvgIpc) is 2.75. The number of alkyl halides is 1. The van der Waals surface area contributed by atoms with Crippen molar-refractivity contribution in [3.63, 3.8) is 0 Å². The number of rotatable bonds is 5. The summed E-state index contributed by atoms with van der Waals surface area (Å²) in [6, 6.07) is 6.76. The van der Waals surface area contributed by atoms with Crippen LogP contribution in [0.1, 0.15) is 5.56 Å². The van der Waals surface area contributed by atoms with Crippen LogP contribution in [0.5, 0.6) is 11.6 Å². The molecule has 0 saturated carbocycles. The molecular weight excluding hydrogens is 259 g/mol. The zero-order chi connectivity index (χ0) is 13.0. The third kappa shape index (κ3) is 2.92. The molecule has 0 atom stereocenters. The van der Waals surface area contributed by atoms with Crippen molar-refractivity contribution in [3.8, 4) is 11.6 Å². The van der Waals surface area contributed by atoms with Gasteiger partial charge in [-0.05, 0) is 12.1 Å². The van der Waals surface area contributed by atoms with Gasteiger partial charge in [-0.25, -0.2) is 4.39 Å². The number of ether oxygens (including phenoxy) is 2. The minimum absolute atomic E-state index is 0.173. The maximum Gasteiger partial charge on any atom is 0.233 e. The van der Waals surface area contributed by atoms with E-state index < -0.39 is 6.86 Å². The summed E-state index contributed by atoms with van der Waals surface area (Å²) in [5.74, 6) is 0.851. The molecule has 0 saturated heterocycles. The van der Waals surface area contributed by atoms with E-state index in [1.54, 1.807) is 42.2 Å². The highest BCUT2D eigenvalue weighted by atomic mass is 35.5. The van der Waals surface area contributed by atoms with E-state index in [-0.39, 0.29) is 6.61 Å². The molecule has 0 aliphatic rings. The van der Waals surface area contributed by atoms with Crippen LogP contribution >= 0.6 is 11.6 Å². The quantitative estimate of drug-likeness (QED) is 0.838. The van der Waals surface area contributed by atoms with Crippen molar-refractivity contribution in [2.75, 3.05) is 6.86 Å². The van der Waals surface area contributed by atoms with E-state index in [9.17, 15) is 4.39 Å². The third-order valence-electron chi connectivity index (χ3n) is 2.34. The lowest BCUT2D eigenvalue weighted by molar-refractivity contribution is 0.185. The normalized spacial score (nSPS) is 10.4. The van der Waals surface area contributed by atoms with Gasteiger partial charge in [-0.2, -0.15) is 0 Å². The molecule has 0 unspecified atom stereocenters. The molecule has 1 aromatic carbocycles. The lowest BCUT2D eigenvalue weighted by Crippen LogP contribution is -2.02. The fourth-order valence-corrected chi connectivity index (χ4v) is 1.71. The van der Waals surface area contributed by atoms with Crippen molar-refractivity contribution in [2.24, 2.45) is 7.05 Å². The summed E-state index contributed by atoms with van der Waals surface area (Å²) in [5.41, 5.74) is 0.600. The Kier molecular flexibility index (Phi) is 4.04. The average molecular weight is 271 g/mol. The first kappa shape index (κ1) is 12.7. The predicted octanol–water partition coefficient (Wildman–Crippen LogP) is 2.96. The maximum absolute atomic E-state index is 12.2. The van der Waals surface area contributed by atoms with Gasteiger partial charge in [0.1, 0.15) is 12.4 Å². The largest absolute Gasteiger partial charge is 0.472 e. The second-order valence-electron chi connectivity index (χ2n) is 3.59. The summed E-state index contributed by atoms with van der Waals surface area (Å²) in [5, 5.41) is 4.54. The molecule has 0 fully saturated rings.